The molecule has 0 saturated carbocycles. The molecule has 0 fully saturated rings. The van der Waals surface area contributed by atoms with Gasteiger partial charge in [-0.1, -0.05) is 0 Å². The second-order valence-corrected chi connectivity index (χ2v) is 1.97. The van der Waals surface area contributed by atoms with Gasteiger partial charge < -0.3 is 9.73 Å². The van der Waals surface area contributed by atoms with Crippen molar-refractivity contribution in [2.45, 2.75) is 13.1 Å². The standard InChI is InChI=1S/C6H7NO/c1-2-8-6-4-7-3-5(1)6/h1-2,7H,3-4H2. The van der Waals surface area contributed by atoms with Crippen molar-refractivity contribution in [3.05, 3.63) is 23.7 Å². The molecule has 0 aromatic carbocycles. The lowest BCUT2D eigenvalue weighted by Crippen LogP contribution is -2.00. The van der Waals surface area contributed by atoms with E-state index >= 15 is 0 Å². The Kier molecular flexibility index (Phi) is 0.704. The maximum absolute atomic E-state index is 5.11. The molecule has 42 valence electrons. The van der Waals surface area contributed by atoms with Crippen molar-refractivity contribution < 1.29 is 4.42 Å². The van der Waals surface area contributed by atoms with Crippen LogP contribution in [0.5, 0.6) is 0 Å². The highest BCUT2D eigenvalue weighted by atomic mass is 16.3. The topological polar surface area (TPSA) is 25.2 Å². The molecule has 0 aliphatic carbocycles. The maximum atomic E-state index is 5.11. The molecular weight excluding hydrogens is 102 g/mol. The summed E-state index contributed by atoms with van der Waals surface area (Å²) >= 11 is 0. The van der Waals surface area contributed by atoms with Gasteiger partial charge in [-0.25, -0.2) is 0 Å². The first-order chi connectivity index (χ1) is 3.97. The largest absolute Gasteiger partial charge is 0.468 e. The third-order valence-electron chi connectivity index (χ3n) is 1.44. The van der Waals surface area contributed by atoms with Crippen LogP contribution in [-0.4, -0.2) is 0 Å². The molecule has 1 aliphatic rings. The molecule has 8 heavy (non-hydrogen) atoms. The van der Waals surface area contributed by atoms with Crippen molar-refractivity contribution in [2.75, 3.05) is 0 Å². The van der Waals surface area contributed by atoms with Gasteiger partial charge in [0.15, 0.2) is 0 Å². The van der Waals surface area contributed by atoms with Crippen LogP contribution < -0.4 is 5.32 Å². The van der Waals surface area contributed by atoms with E-state index in [0.717, 1.165) is 18.8 Å². The Labute approximate surface area is 47.5 Å². The summed E-state index contributed by atoms with van der Waals surface area (Å²) in [5.74, 6) is 1.10. The predicted octanol–water partition coefficient (Wildman–Crippen LogP) is 0.883. The summed E-state index contributed by atoms with van der Waals surface area (Å²) in [5, 5.41) is 3.17. The maximum Gasteiger partial charge on any atom is 0.122 e. The van der Waals surface area contributed by atoms with Crippen molar-refractivity contribution in [1.82, 2.24) is 5.32 Å². The van der Waals surface area contributed by atoms with Crippen molar-refractivity contribution in [3.63, 3.8) is 0 Å². The summed E-state index contributed by atoms with van der Waals surface area (Å²) in [5.41, 5.74) is 1.31. The third kappa shape index (κ3) is 0.406. The first-order valence-electron chi connectivity index (χ1n) is 2.73. The molecule has 1 aliphatic heterocycles. The molecular formula is C6H7NO. The molecule has 2 heterocycles. The van der Waals surface area contributed by atoms with Crippen LogP contribution in [0.3, 0.4) is 0 Å². The van der Waals surface area contributed by atoms with E-state index in [2.05, 4.69) is 5.32 Å². The molecule has 1 N–H and O–H groups in total. The van der Waals surface area contributed by atoms with Gasteiger partial charge in [-0.2, -0.15) is 0 Å². The summed E-state index contributed by atoms with van der Waals surface area (Å²) in [4.78, 5) is 0. The van der Waals surface area contributed by atoms with Crippen molar-refractivity contribution in [2.24, 2.45) is 0 Å². The van der Waals surface area contributed by atoms with E-state index < -0.39 is 0 Å². The number of fused-ring (bicyclic) bond motifs is 1. The fourth-order valence-electron chi connectivity index (χ4n) is 0.990. The molecule has 0 saturated heterocycles. The first-order valence-corrected chi connectivity index (χ1v) is 2.73. The van der Waals surface area contributed by atoms with Gasteiger partial charge in [0.25, 0.3) is 0 Å². The molecule has 2 nitrogen and oxygen atoms in total. The lowest BCUT2D eigenvalue weighted by atomic mass is 10.3. The van der Waals surface area contributed by atoms with Gasteiger partial charge in [-0.3, -0.25) is 0 Å². The highest BCUT2D eigenvalue weighted by Crippen LogP contribution is 2.14. The summed E-state index contributed by atoms with van der Waals surface area (Å²) in [6.45, 7) is 1.88. The molecule has 0 radical (unpaired) electrons. The van der Waals surface area contributed by atoms with Crippen LogP contribution in [0.1, 0.15) is 11.3 Å². The zero-order valence-electron chi connectivity index (χ0n) is 4.48. The SMILES string of the molecule is c1cc2c(o1)CNC2. The minimum Gasteiger partial charge on any atom is -0.468 e. The normalized spacial score (nSPS) is 16.5. The average molecular weight is 109 g/mol. The molecule has 2 heteroatoms. The van der Waals surface area contributed by atoms with E-state index in [1.54, 1.807) is 6.26 Å². The lowest BCUT2D eigenvalue weighted by Gasteiger charge is -1.81. The van der Waals surface area contributed by atoms with E-state index in [1.807, 2.05) is 6.07 Å². The molecule has 0 amide bonds. The predicted molar refractivity (Wildman–Crippen MR) is 29.3 cm³/mol. The fraction of sp³-hybridized carbons (Fsp3) is 0.333. The molecule has 2 rings (SSSR count). The Morgan fingerprint density at radius 3 is 3.38 bits per heavy atom. The minimum atomic E-state index is 0.905. The van der Waals surface area contributed by atoms with Crippen molar-refractivity contribution in [1.29, 1.82) is 0 Å². The van der Waals surface area contributed by atoms with E-state index in [-0.39, 0.29) is 0 Å². The number of hydrogen-bond donors (Lipinski definition) is 1. The molecule has 0 bridgehead atoms. The Hall–Kier alpha value is -0.760. The second kappa shape index (κ2) is 1.36. The number of nitrogens with one attached hydrogen (secondary N) is 1. The smallest absolute Gasteiger partial charge is 0.122 e. The number of furan rings is 1. The van der Waals surface area contributed by atoms with Gasteiger partial charge in [0.05, 0.1) is 12.8 Å². The van der Waals surface area contributed by atoms with Gasteiger partial charge in [0.2, 0.25) is 0 Å². The van der Waals surface area contributed by atoms with E-state index in [4.69, 9.17) is 4.42 Å². The van der Waals surface area contributed by atoms with Gasteiger partial charge in [-0.05, 0) is 6.07 Å². The minimum absolute atomic E-state index is 0.905. The molecule has 1 aromatic heterocycles. The van der Waals surface area contributed by atoms with Gasteiger partial charge in [-0.15, -0.1) is 0 Å². The monoisotopic (exact) mass is 109 g/mol. The van der Waals surface area contributed by atoms with Crippen LogP contribution in [0, 0.1) is 0 Å². The summed E-state index contributed by atoms with van der Waals surface area (Å²) in [6.07, 6.45) is 1.74. The first kappa shape index (κ1) is 4.15. The van der Waals surface area contributed by atoms with Gasteiger partial charge >= 0.3 is 0 Å². The van der Waals surface area contributed by atoms with Crippen LogP contribution in [0.2, 0.25) is 0 Å². The molecule has 0 spiro atoms. The Morgan fingerprint density at radius 2 is 2.50 bits per heavy atom. The molecule has 0 unspecified atom stereocenters. The third-order valence-corrected chi connectivity index (χ3v) is 1.44. The van der Waals surface area contributed by atoms with Gasteiger partial charge in [0.1, 0.15) is 5.76 Å². The van der Waals surface area contributed by atoms with Crippen molar-refractivity contribution in [3.8, 4) is 0 Å². The zero-order chi connectivity index (χ0) is 5.40. The summed E-state index contributed by atoms with van der Waals surface area (Å²) < 4.78 is 5.11. The Balaban J connectivity index is 2.54. The molecule has 1 aromatic rings. The number of rotatable bonds is 0. The highest BCUT2D eigenvalue weighted by molar-refractivity contribution is 5.20. The van der Waals surface area contributed by atoms with Crippen LogP contribution in [0.4, 0.5) is 0 Å². The van der Waals surface area contributed by atoms with Crippen LogP contribution in [-0.2, 0) is 13.1 Å². The Bertz CT molecular complexity index is 174. The van der Waals surface area contributed by atoms with Crippen molar-refractivity contribution >= 4 is 0 Å². The fourth-order valence-corrected chi connectivity index (χ4v) is 0.990. The lowest BCUT2D eigenvalue weighted by molar-refractivity contribution is 0.505. The Morgan fingerprint density at radius 1 is 1.50 bits per heavy atom. The van der Waals surface area contributed by atoms with E-state index in [0.29, 0.717) is 0 Å². The van der Waals surface area contributed by atoms with Crippen LogP contribution in [0.25, 0.3) is 0 Å². The van der Waals surface area contributed by atoms with Gasteiger partial charge in [0, 0.05) is 12.1 Å². The summed E-state index contributed by atoms with van der Waals surface area (Å²) in [7, 11) is 0. The quantitative estimate of drug-likeness (QED) is 0.535. The second-order valence-electron chi connectivity index (χ2n) is 1.97. The van der Waals surface area contributed by atoms with Crippen LogP contribution >= 0.6 is 0 Å². The zero-order valence-corrected chi connectivity index (χ0v) is 4.48. The van der Waals surface area contributed by atoms with E-state index in [1.165, 1.54) is 5.56 Å². The average Bonchev–Trinajstić information content (AvgIpc) is 2.15. The highest BCUT2D eigenvalue weighted by Gasteiger charge is 2.10. The summed E-state index contributed by atoms with van der Waals surface area (Å²) in [6, 6.07) is 2.01. The number of hydrogen-bond acceptors (Lipinski definition) is 2. The van der Waals surface area contributed by atoms with Crippen LogP contribution in [0.15, 0.2) is 16.7 Å². The molecule has 0 atom stereocenters. The van der Waals surface area contributed by atoms with E-state index in [9.17, 15) is 0 Å².